The van der Waals surface area contributed by atoms with E-state index in [2.05, 4.69) is 18.7 Å². The molecule has 5 heteroatoms. The highest BCUT2D eigenvalue weighted by Gasteiger charge is 2.23. The van der Waals surface area contributed by atoms with E-state index in [-0.39, 0.29) is 12.4 Å². The van der Waals surface area contributed by atoms with Crippen LogP contribution in [0.25, 0.3) is 0 Å². The number of rotatable bonds is 5. The average molecular weight is 348 g/mol. The molecule has 1 N–H and O–H groups in total. The van der Waals surface area contributed by atoms with E-state index in [1.165, 1.54) is 6.42 Å². The second-order valence-corrected chi connectivity index (χ2v) is 6.98. The summed E-state index contributed by atoms with van der Waals surface area (Å²) in [6, 6.07) is 5.54. The Labute approximate surface area is 145 Å². The standard InChI is InChI=1S/C17H26ClNO2.ClH/c1-12-6-13(2)9-19(8-12)10-16(20)11-21-17-5-4-15(18)7-14(17)3;/h4-5,7,12-13,16,20H,6,8-11H2,1-3H3;1H. The number of hydrogen-bond donors (Lipinski definition) is 1. The Morgan fingerprint density at radius 2 is 1.95 bits per heavy atom. The lowest BCUT2D eigenvalue weighted by atomic mass is 9.92. The number of piperidine rings is 1. The van der Waals surface area contributed by atoms with Gasteiger partial charge in [-0.1, -0.05) is 25.4 Å². The number of ether oxygens (including phenoxy) is 1. The topological polar surface area (TPSA) is 32.7 Å². The molecule has 1 saturated heterocycles. The molecule has 3 unspecified atom stereocenters. The van der Waals surface area contributed by atoms with Crippen LogP contribution in [0.2, 0.25) is 5.02 Å². The number of nitrogens with zero attached hydrogens (tertiary/aromatic N) is 1. The Morgan fingerprint density at radius 1 is 1.32 bits per heavy atom. The molecule has 0 aliphatic carbocycles. The molecule has 126 valence electrons. The predicted octanol–water partition coefficient (Wildman–Crippen LogP) is 3.79. The summed E-state index contributed by atoms with van der Waals surface area (Å²) in [6.45, 7) is 9.67. The minimum absolute atomic E-state index is 0. The molecule has 3 atom stereocenters. The summed E-state index contributed by atoms with van der Waals surface area (Å²) in [4.78, 5) is 2.35. The minimum atomic E-state index is -0.461. The summed E-state index contributed by atoms with van der Waals surface area (Å²) in [5.41, 5.74) is 0.995. The molecule has 1 aromatic carbocycles. The number of likely N-dealkylation sites (tertiary alicyclic amines) is 1. The van der Waals surface area contributed by atoms with Gasteiger partial charge in [-0.3, -0.25) is 0 Å². The fraction of sp³-hybridized carbons (Fsp3) is 0.647. The van der Waals surface area contributed by atoms with E-state index in [0.717, 1.165) is 24.4 Å². The molecule has 0 spiro atoms. The number of aliphatic hydroxyl groups excluding tert-OH is 1. The van der Waals surface area contributed by atoms with Crippen molar-refractivity contribution in [3.63, 3.8) is 0 Å². The van der Waals surface area contributed by atoms with Crippen molar-refractivity contribution in [1.82, 2.24) is 4.90 Å². The van der Waals surface area contributed by atoms with Gasteiger partial charge in [-0.05, 0) is 48.9 Å². The van der Waals surface area contributed by atoms with Gasteiger partial charge in [0.25, 0.3) is 0 Å². The quantitative estimate of drug-likeness (QED) is 0.879. The van der Waals surface area contributed by atoms with Gasteiger partial charge in [0.05, 0.1) is 0 Å². The molecule has 1 heterocycles. The second kappa shape index (κ2) is 8.97. The number of benzene rings is 1. The molecule has 1 aliphatic rings. The maximum atomic E-state index is 10.2. The largest absolute Gasteiger partial charge is 0.491 e. The summed E-state index contributed by atoms with van der Waals surface area (Å²) in [5, 5.41) is 10.9. The zero-order valence-electron chi connectivity index (χ0n) is 13.6. The summed E-state index contributed by atoms with van der Waals surface area (Å²) in [5.74, 6) is 2.21. The molecule has 0 saturated carbocycles. The molecule has 0 aromatic heterocycles. The minimum Gasteiger partial charge on any atom is -0.491 e. The first-order valence-corrected chi connectivity index (χ1v) is 8.11. The number of hydrogen-bond acceptors (Lipinski definition) is 3. The zero-order chi connectivity index (χ0) is 15.4. The average Bonchev–Trinajstić information content (AvgIpc) is 2.36. The first-order valence-electron chi connectivity index (χ1n) is 7.73. The van der Waals surface area contributed by atoms with Gasteiger partial charge in [-0.15, -0.1) is 12.4 Å². The van der Waals surface area contributed by atoms with Gasteiger partial charge in [0.1, 0.15) is 18.5 Å². The number of aliphatic hydroxyl groups is 1. The van der Waals surface area contributed by atoms with E-state index in [0.29, 0.717) is 30.0 Å². The van der Waals surface area contributed by atoms with Gasteiger partial charge in [-0.2, -0.15) is 0 Å². The zero-order valence-corrected chi connectivity index (χ0v) is 15.2. The Morgan fingerprint density at radius 3 is 2.55 bits per heavy atom. The van der Waals surface area contributed by atoms with Crippen molar-refractivity contribution in [3.8, 4) is 5.75 Å². The Bertz CT molecular complexity index is 460. The molecule has 22 heavy (non-hydrogen) atoms. The first kappa shape index (κ1) is 19.6. The van der Waals surface area contributed by atoms with E-state index < -0.39 is 6.10 Å². The number of β-amino-alcohol motifs (C(OH)–C–C–N with tert-alkyl or cyclic N) is 1. The Kier molecular flexibility index (Phi) is 7.98. The van der Waals surface area contributed by atoms with Crippen molar-refractivity contribution < 1.29 is 9.84 Å². The Hall–Kier alpha value is -0.480. The highest BCUT2D eigenvalue weighted by atomic mass is 35.5. The molecule has 0 bridgehead atoms. The van der Waals surface area contributed by atoms with Crippen LogP contribution in [0.4, 0.5) is 0 Å². The van der Waals surface area contributed by atoms with Crippen molar-refractivity contribution >= 4 is 24.0 Å². The fourth-order valence-corrected chi connectivity index (χ4v) is 3.48. The van der Waals surface area contributed by atoms with Crippen molar-refractivity contribution in [3.05, 3.63) is 28.8 Å². The summed E-state index contributed by atoms with van der Waals surface area (Å²) < 4.78 is 5.71. The molecule has 0 radical (unpaired) electrons. The molecule has 0 amide bonds. The lowest BCUT2D eigenvalue weighted by Gasteiger charge is -2.35. The predicted molar refractivity (Wildman–Crippen MR) is 94.3 cm³/mol. The van der Waals surface area contributed by atoms with Gasteiger partial charge in [0.2, 0.25) is 0 Å². The Balaban J connectivity index is 0.00000242. The van der Waals surface area contributed by atoms with Crippen LogP contribution in [-0.4, -0.2) is 42.4 Å². The molecule has 1 aliphatic heterocycles. The van der Waals surface area contributed by atoms with Gasteiger partial charge < -0.3 is 14.7 Å². The maximum Gasteiger partial charge on any atom is 0.122 e. The highest BCUT2D eigenvalue weighted by Crippen LogP contribution is 2.23. The number of aryl methyl sites for hydroxylation is 1. The van der Waals surface area contributed by atoms with E-state index in [4.69, 9.17) is 16.3 Å². The fourth-order valence-electron chi connectivity index (χ4n) is 3.25. The van der Waals surface area contributed by atoms with Crippen LogP contribution in [0, 0.1) is 18.8 Å². The van der Waals surface area contributed by atoms with E-state index >= 15 is 0 Å². The van der Waals surface area contributed by atoms with E-state index in [9.17, 15) is 5.11 Å². The van der Waals surface area contributed by atoms with Crippen LogP contribution < -0.4 is 4.74 Å². The van der Waals surface area contributed by atoms with Crippen LogP contribution in [0.3, 0.4) is 0 Å². The second-order valence-electron chi connectivity index (χ2n) is 6.54. The smallest absolute Gasteiger partial charge is 0.122 e. The SMILES string of the molecule is Cc1cc(Cl)ccc1OCC(O)CN1CC(C)CC(C)C1.Cl. The molecular formula is C17H27Cl2NO2. The van der Waals surface area contributed by atoms with E-state index in [1.807, 2.05) is 25.1 Å². The summed E-state index contributed by atoms with van der Waals surface area (Å²) in [7, 11) is 0. The molecular weight excluding hydrogens is 321 g/mol. The van der Waals surface area contributed by atoms with Crippen molar-refractivity contribution in [2.45, 2.75) is 33.3 Å². The number of halogens is 2. The van der Waals surface area contributed by atoms with Crippen molar-refractivity contribution in [1.29, 1.82) is 0 Å². The van der Waals surface area contributed by atoms with Crippen LogP contribution in [-0.2, 0) is 0 Å². The normalized spacial score (nSPS) is 23.7. The maximum absolute atomic E-state index is 10.2. The van der Waals surface area contributed by atoms with Crippen LogP contribution in [0.15, 0.2) is 18.2 Å². The first-order chi connectivity index (χ1) is 9.94. The highest BCUT2D eigenvalue weighted by molar-refractivity contribution is 6.30. The third-order valence-corrected chi connectivity index (χ3v) is 4.22. The van der Waals surface area contributed by atoms with E-state index in [1.54, 1.807) is 0 Å². The van der Waals surface area contributed by atoms with Gasteiger partial charge in [-0.25, -0.2) is 0 Å². The van der Waals surface area contributed by atoms with Gasteiger partial charge >= 0.3 is 0 Å². The summed E-state index contributed by atoms with van der Waals surface area (Å²) >= 11 is 5.92. The van der Waals surface area contributed by atoms with Gasteiger partial charge in [0, 0.05) is 24.7 Å². The lowest BCUT2D eigenvalue weighted by molar-refractivity contribution is 0.0427. The van der Waals surface area contributed by atoms with Crippen molar-refractivity contribution in [2.24, 2.45) is 11.8 Å². The molecule has 3 nitrogen and oxygen atoms in total. The van der Waals surface area contributed by atoms with Crippen LogP contribution >= 0.6 is 24.0 Å². The van der Waals surface area contributed by atoms with Crippen LogP contribution in [0.1, 0.15) is 25.8 Å². The molecule has 2 rings (SSSR count). The monoisotopic (exact) mass is 347 g/mol. The van der Waals surface area contributed by atoms with Crippen molar-refractivity contribution in [2.75, 3.05) is 26.2 Å². The van der Waals surface area contributed by atoms with Gasteiger partial charge in [0.15, 0.2) is 0 Å². The molecule has 1 aromatic rings. The third-order valence-electron chi connectivity index (χ3n) is 3.98. The molecule has 1 fully saturated rings. The summed E-state index contributed by atoms with van der Waals surface area (Å²) in [6.07, 6.45) is 0.824. The third kappa shape index (κ3) is 5.96. The van der Waals surface area contributed by atoms with Crippen LogP contribution in [0.5, 0.6) is 5.75 Å². The lowest BCUT2D eigenvalue weighted by Crippen LogP contribution is -2.44.